The molecule has 0 aromatic carbocycles. The Morgan fingerprint density at radius 2 is 2.17 bits per heavy atom. The molecule has 0 N–H and O–H groups in total. The zero-order valence-corrected chi connectivity index (χ0v) is 14.1. The summed E-state index contributed by atoms with van der Waals surface area (Å²) in [5.41, 5.74) is 0.714. The summed E-state index contributed by atoms with van der Waals surface area (Å²) >= 11 is 0. The largest absolute Gasteiger partial charge is 0.369 e. The molecule has 1 unspecified atom stereocenters. The molecule has 1 saturated heterocycles. The Labute approximate surface area is 137 Å². The minimum absolute atomic E-state index is 0.0457. The Morgan fingerprint density at radius 1 is 1.39 bits per heavy atom. The van der Waals surface area contributed by atoms with Gasteiger partial charge in [0.15, 0.2) is 0 Å². The monoisotopic (exact) mass is 318 g/mol. The first kappa shape index (κ1) is 16.0. The van der Waals surface area contributed by atoms with Crippen LogP contribution in [0.25, 0.3) is 0 Å². The van der Waals surface area contributed by atoms with Gasteiger partial charge >= 0.3 is 0 Å². The van der Waals surface area contributed by atoms with E-state index in [2.05, 4.69) is 21.8 Å². The number of rotatable bonds is 6. The maximum absolute atomic E-state index is 12.8. The lowest BCUT2D eigenvalue weighted by Crippen LogP contribution is -2.39. The van der Waals surface area contributed by atoms with Crippen LogP contribution < -0.4 is 10.5 Å². The molecule has 1 aliphatic heterocycles. The molecular weight excluding hydrogens is 292 g/mol. The molecule has 2 heterocycles. The number of hydrogen-bond acceptors (Lipinski definition) is 4. The fraction of sp³-hybridized carbons (Fsp3) is 0.706. The molecule has 1 amide bonds. The van der Waals surface area contributed by atoms with E-state index in [0.717, 1.165) is 44.1 Å². The number of aryl methyl sites for hydroxylation is 1. The van der Waals surface area contributed by atoms with E-state index in [0.29, 0.717) is 6.54 Å². The number of carbonyl (C=O) groups excluding carboxylic acids is 1. The van der Waals surface area contributed by atoms with Gasteiger partial charge in [-0.2, -0.15) is 5.10 Å². The second-order valence-corrected chi connectivity index (χ2v) is 6.83. The minimum Gasteiger partial charge on any atom is -0.369 e. The van der Waals surface area contributed by atoms with Gasteiger partial charge in [-0.3, -0.25) is 9.59 Å². The van der Waals surface area contributed by atoms with Gasteiger partial charge in [0.25, 0.3) is 5.56 Å². The fourth-order valence-corrected chi connectivity index (χ4v) is 3.26. The highest BCUT2D eigenvalue weighted by Gasteiger charge is 2.34. The van der Waals surface area contributed by atoms with E-state index in [1.54, 1.807) is 19.3 Å². The second kappa shape index (κ2) is 6.72. The molecule has 0 spiro atoms. The summed E-state index contributed by atoms with van der Waals surface area (Å²) in [6, 6.07) is 1.61. The highest BCUT2D eigenvalue weighted by molar-refractivity contribution is 5.80. The van der Waals surface area contributed by atoms with Crippen molar-refractivity contribution in [3.05, 3.63) is 22.6 Å². The van der Waals surface area contributed by atoms with E-state index in [9.17, 15) is 9.59 Å². The molecule has 1 saturated carbocycles. The average Bonchev–Trinajstić information content (AvgIpc) is 3.22. The summed E-state index contributed by atoms with van der Waals surface area (Å²) in [5, 5.41) is 4.07. The Balaban J connectivity index is 1.64. The third-order valence-corrected chi connectivity index (χ3v) is 4.84. The van der Waals surface area contributed by atoms with Crippen LogP contribution in [-0.2, 0) is 11.8 Å². The number of aromatic nitrogens is 2. The molecule has 6 nitrogen and oxygen atoms in total. The van der Waals surface area contributed by atoms with Crippen molar-refractivity contribution in [2.45, 2.75) is 32.6 Å². The molecule has 1 aromatic rings. The van der Waals surface area contributed by atoms with Gasteiger partial charge in [0, 0.05) is 39.3 Å². The second-order valence-electron chi connectivity index (χ2n) is 6.83. The lowest BCUT2D eigenvalue weighted by atomic mass is 10.1. The van der Waals surface area contributed by atoms with Crippen LogP contribution in [0.1, 0.15) is 32.6 Å². The van der Waals surface area contributed by atoms with Crippen LogP contribution >= 0.6 is 0 Å². The Kier molecular flexibility index (Phi) is 4.68. The van der Waals surface area contributed by atoms with Crippen molar-refractivity contribution in [1.29, 1.82) is 0 Å². The van der Waals surface area contributed by atoms with Crippen molar-refractivity contribution >= 4 is 11.6 Å². The minimum atomic E-state index is -0.112. The van der Waals surface area contributed by atoms with Gasteiger partial charge in [0.1, 0.15) is 0 Å². The fourth-order valence-electron chi connectivity index (χ4n) is 3.26. The van der Waals surface area contributed by atoms with Gasteiger partial charge in [0.2, 0.25) is 5.91 Å². The van der Waals surface area contributed by atoms with Crippen LogP contribution in [-0.4, -0.2) is 46.8 Å². The highest BCUT2D eigenvalue weighted by Crippen LogP contribution is 2.31. The molecule has 1 aliphatic carbocycles. The van der Waals surface area contributed by atoms with Gasteiger partial charge in [-0.05, 0) is 31.6 Å². The van der Waals surface area contributed by atoms with Crippen LogP contribution in [0, 0.1) is 11.8 Å². The average molecular weight is 318 g/mol. The molecule has 2 aliphatic rings. The molecular formula is C17H26N4O2. The number of amides is 1. The predicted octanol–water partition coefficient (Wildman–Crippen LogP) is 1.26. The molecule has 23 heavy (non-hydrogen) atoms. The molecule has 3 rings (SSSR count). The van der Waals surface area contributed by atoms with Gasteiger partial charge in [-0.25, -0.2) is 4.68 Å². The van der Waals surface area contributed by atoms with E-state index < -0.39 is 0 Å². The standard InChI is InChI=1S/C17H26N4O2/c1-3-7-21(11-13-4-5-13)17(23)14-6-8-20(12-14)15-9-16(22)19(2)18-10-15/h9-10,13-14H,3-8,11-12H2,1-2H3. The zero-order valence-electron chi connectivity index (χ0n) is 14.1. The molecule has 1 aromatic heterocycles. The predicted molar refractivity (Wildman–Crippen MR) is 89.4 cm³/mol. The molecule has 1 atom stereocenters. The third-order valence-electron chi connectivity index (χ3n) is 4.84. The lowest BCUT2D eigenvalue weighted by molar-refractivity contribution is -0.135. The van der Waals surface area contributed by atoms with Gasteiger partial charge in [-0.1, -0.05) is 6.92 Å². The highest BCUT2D eigenvalue weighted by atomic mass is 16.2. The van der Waals surface area contributed by atoms with Crippen molar-refractivity contribution < 1.29 is 4.79 Å². The zero-order chi connectivity index (χ0) is 16.4. The van der Waals surface area contributed by atoms with Gasteiger partial charge < -0.3 is 9.80 Å². The van der Waals surface area contributed by atoms with E-state index in [1.807, 2.05) is 0 Å². The number of nitrogens with zero attached hydrogens (tertiary/aromatic N) is 4. The van der Waals surface area contributed by atoms with Crippen molar-refractivity contribution in [3.63, 3.8) is 0 Å². The van der Waals surface area contributed by atoms with Gasteiger partial charge in [0.05, 0.1) is 17.8 Å². The Morgan fingerprint density at radius 3 is 2.83 bits per heavy atom. The summed E-state index contributed by atoms with van der Waals surface area (Å²) in [4.78, 5) is 28.7. The smallest absolute Gasteiger partial charge is 0.268 e. The molecule has 0 bridgehead atoms. The van der Waals surface area contributed by atoms with Crippen LogP contribution in [0.4, 0.5) is 5.69 Å². The number of hydrogen-bond donors (Lipinski definition) is 0. The number of carbonyl (C=O) groups is 1. The summed E-state index contributed by atoms with van der Waals surface area (Å²) in [5.74, 6) is 1.06. The number of anilines is 1. The van der Waals surface area contributed by atoms with Crippen molar-refractivity contribution in [2.24, 2.45) is 18.9 Å². The lowest BCUT2D eigenvalue weighted by Gasteiger charge is -2.25. The van der Waals surface area contributed by atoms with Crippen LogP contribution in [0.5, 0.6) is 0 Å². The first-order valence-electron chi connectivity index (χ1n) is 8.65. The van der Waals surface area contributed by atoms with Crippen LogP contribution in [0.3, 0.4) is 0 Å². The third kappa shape index (κ3) is 3.74. The van der Waals surface area contributed by atoms with Crippen molar-refractivity contribution in [1.82, 2.24) is 14.7 Å². The van der Waals surface area contributed by atoms with E-state index >= 15 is 0 Å². The summed E-state index contributed by atoms with van der Waals surface area (Å²) < 4.78 is 1.32. The van der Waals surface area contributed by atoms with Crippen LogP contribution in [0.2, 0.25) is 0 Å². The van der Waals surface area contributed by atoms with Crippen molar-refractivity contribution in [2.75, 3.05) is 31.1 Å². The van der Waals surface area contributed by atoms with Crippen LogP contribution in [0.15, 0.2) is 17.1 Å². The van der Waals surface area contributed by atoms with E-state index in [4.69, 9.17) is 0 Å². The van der Waals surface area contributed by atoms with E-state index in [-0.39, 0.29) is 17.4 Å². The Bertz CT molecular complexity index is 623. The summed E-state index contributed by atoms with van der Waals surface area (Å²) in [7, 11) is 1.64. The first-order chi connectivity index (χ1) is 11.1. The summed E-state index contributed by atoms with van der Waals surface area (Å²) in [6.45, 7) is 5.42. The quantitative estimate of drug-likeness (QED) is 0.792. The molecule has 126 valence electrons. The van der Waals surface area contributed by atoms with E-state index in [1.165, 1.54) is 17.5 Å². The topological polar surface area (TPSA) is 58.4 Å². The molecule has 6 heteroatoms. The maximum atomic E-state index is 12.8. The summed E-state index contributed by atoms with van der Waals surface area (Å²) in [6.07, 6.45) is 6.11. The maximum Gasteiger partial charge on any atom is 0.268 e. The molecule has 2 fully saturated rings. The Hall–Kier alpha value is -1.85. The SMILES string of the molecule is CCCN(CC1CC1)C(=O)C1CCN(c2cnn(C)c(=O)c2)C1. The van der Waals surface area contributed by atoms with Crippen molar-refractivity contribution in [3.8, 4) is 0 Å². The molecule has 0 radical (unpaired) electrons. The normalized spacial score (nSPS) is 20.8. The van der Waals surface area contributed by atoms with Gasteiger partial charge in [-0.15, -0.1) is 0 Å². The first-order valence-corrected chi connectivity index (χ1v) is 8.65.